The highest BCUT2D eigenvalue weighted by molar-refractivity contribution is 5.85. The van der Waals surface area contributed by atoms with Crippen molar-refractivity contribution in [1.29, 1.82) is 0 Å². The number of esters is 1. The summed E-state index contributed by atoms with van der Waals surface area (Å²) in [6.07, 6.45) is 10.5. The molecule has 0 fully saturated rings. The van der Waals surface area contributed by atoms with E-state index in [0.29, 0.717) is 11.8 Å². The molecule has 5 heteroatoms. The van der Waals surface area contributed by atoms with Crippen LogP contribution in [0.15, 0.2) is 46.1 Å². The number of ether oxygens (including phenoxy) is 1. The van der Waals surface area contributed by atoms with Crippen LogP contribution in [-0.4, -0.2) is 40.3 Å². The van der Waals surface area contributed by atoms with E-state index in [-0.39, 0.29) is 18.6 Å². The van der Waals surface area contributed by atoms with Crippen molar-refractivity contribution in [1.82, 2.24) is 0 Å². The van der Waals surface area contributed by atoms with E-state index in [1.807, 2.05) is 0 Å². The van der Waals surface area contributed by atoms with Crippen molar-refractivity contribution in [2.75, 3.05) is 6.61 Å². The Bertz CT molecular complexity index is 739. The Kier molecular flexibility index (Phi) is 9.08. The fourth-order valence-corrected chi connectivity index (χ4v) is 4.50. The zero-order chi connectivity index (χ0) is 22.3. The van der Waals surface area contributed by atoms with Crippen LogP contribution < -0.4 is 0 Å². The van der Waals surface area contributed by atoms with Crippen LogP contribution in [0.4, 0.5) is 0 Å². The molecule has 0 saturated heterocycles. The molecule has 2 rings (SSSR count). The Balaban J connectivity index is 1.82. The van der Waals surface area contributed by atoms with Crippen molar-refractivity contribution in [3.05, 3.63) is 46.1 Å². The largest absolute Gasteiger partial charge is 0.429 e. The van der Waals surface area contributed by atoms with Crippen LogP contribution in [-0.2, 0) is 9.53 Å². The first-order valence-electron chi connectivity index (χ1n) is 11.1. The summed E-state index contributed by atoms with van der Waals surface area (Å²) in [5, 5.41) is 29.3. The molecule has 168 valence electrons. The molecule has 0 aromatic carbocycles. The number of hydrogen-bond acceptors (Lipinski definition) is 5. The second kappa shape index (κ2) is 11.1. The molecule has 2 atom stereocenters. The Hall–Kier alpha value is -1.69. The third kappa shape index (κ3) is 6.93. The molecular weight excluding hydrogens is 380 g/mol. The Morgan fingerprint density at radius 2 is 2.07 bits per heavy atom. The topological polar surface area (TPSA) is 87.0 Å². The molecule has 0 amide bonds. The summed E-state index contributed by atoms with van der Waals surface area (Å²) in [4.78, 5) is 11.1. The van der Waals surface area contributed by atoms with Gasteiger partial charge in [0.25, 0.3) is 0 Å². The first-order valence-corrected chi connectivity index (χ1v) is 11.1. The summed E-state index contributed by atoms with van der Waals surface area (Å²) in [6.45, 7) is 9.10. The summed E-state index contributed by atoms with van der Waals surface area (Å²) >= 11 is 0. The second-order valence-electron chi connectivity index (χ2n) is 9.29. The maximum atomic E-state index is 11.1. The molecule has 0 aromatic rings. The second-order valence-corrected chi connectivity index (χ2v) is 9.29. The minimum atomic E-state index is -1.38. The van der Waals surface area contributed by atoms with Crippen molar-refractivity contribution in [2.45, 2.75) is 91.5 Å². The summed E-state index contributed by atoms with van der Waals surface area (Å²) in [5.41, 5.74) is 5.87. The third-order valence-electron chi connectivity index (χ3n) is 6.43. The minimum absolute atomic E-state index is 0.0725. The van der Waals surface area contributed by atoms with Crippen LogP contribution in [0.5, 0.6) is 0 Å². The predicted octanol–water partition coefficient (Wildman–Crippen LogP) is 4.49. The van der Waals surface area contributed by atoms with Gasteiger partial charge in [-0.3, -0.25) is 0 Å². The standard InChI is InChI=1S/C25H38O5/c1-17(10-12-21-18(2)8-6-14-25(21,3)4)7-5-9-19(16-26)11-13-22(27)20-15-23(28)30-24(20)29/h7,11,15,22,24,26-27,29H,5-6,8-10,12-14,16H2,1-4H3/b17-7+,19-11+/t22-,24+/m1/s1. The molecule has 0 aromatic heterocycles. The number of allylic oxidation sites excluding steroid dienone is 4. The SMILES string of the molecule is CC1=C(CC/C(C)=C/CC/C(=C\C[C@@H](O)C2=CC(=O)O[C@@H]2O)CO)C(C)(C)CCC1. The van der Waals surface area contributed by atoms with Gasteiger partial charge < -0.3 is 20.1 Å². The molecule has 0 spiro atoms. The van der Waals surface area contributed by atoms with E-state index in [2.05, 4.69) is 38.5 Å². The number of aliphatic hydroxyl groups is 3. The monoisotopic (exact) mass is 418 g/mol. The van der Waals surface area contributed by atoms with Crippen LogP contribution >= 0.6 is 0 Å². The van der Waals surface area contributed by atoms with Crippen molar-refractivity contribution >= 4 is 5.97 Å². The van der Waals surface area contributed by atoms with Crippen LogP contribution in [0.2, 0.25) is 0 Å². The summed E-state index contributed by atoms with van der Waals surface area (Å²) in [7, 11) is 0. The van der Waals surface area contributed by atoms with Crippen molar-refractivity contribution in [2.24, 2.45) is 5.41 Å². The summed E-state index contributed by atoms with van der Waals surface area (Å²) in [5.74, 6) is -0.647. The lowest BCUT2D eigenvalue weighted by molar-refractivity contribution is -0.151. The number of carbonyl (C=O) groups is 1. The molecule has 1 aliphatic carbocycles. The van der Waals surface area contributed by atoms with Gasteiger partial charge in [0.1, 0.15) is 0 Å². The average Bonchev–Trinajstić information content (AvgIpc) is 3.01. The van der Waals surface area contributed by atoms with Gasteiger partial charge >= 0.3 is 5.97 Å². The van der Waals surface area contributed by atoms with Crippen molar-refractivity contribution in [3.63, 3.8) is 0 Å². The molecule has 1 heterocycles. The number of hydrogen-bond donors (Lipinski definition) is 3. The zero-order valence-corrected chi connectivity index (χ0v) is 18.9. The van der Waals surface area contributed by atoms with E-state index in [9.17, 15) is 20.1 Å². The van der Waals surface area contributed by atoms with E-state index < -0.39 is 18.4 Å². The molecule has 5 nitrogen and oxygen atoms in total. The number of cyclic esters (lactones) is 1. The molecular formula is C25H38O5. The number of rotatable bonds is 10. The van der Waals surface area contributed by atoms with Gasteiger partial charge in [0, 0.05) is 11.6 Å². The Morgan fingerprint density at radius 1 is 1.33 bits per heavy atom. The fraction of sp³-hybridized carbons (Fsp3) is 0.640. The fourth-order valence-electron chi connectivity index (χ4n) is 4.50. The molecule has 0 radical (unpaired) electrons. The lowest BCUT2D eigenvalue weighted by Gasteiger charge is -2.35. The average molecular weight is 419 g/mol. The third-order valence-corrected chi connectivity index (χ3v) is 6.43. The molecule has 0 unspecified atom stereocenters. The quantitative estimate of drug-likeness (QED) is 0.359. The van der Waals surface area contributed by atoms with Crippen LogP contribution in [0, 0.1) is 5.41 Å². The molecule has 1 aliphatic heterocycles. The van der Waals surface area contributed by atoms with Crippen molar-refractivity contribution < 1.29 is 24.9 Å². The Labute approximate surface area is 180 Å². The van der Waals surface area contributed by atoms with E-state index in [1.54, 1.807) is 17.2 Å². The van der Waals surface area contributed by atoms with E-state index >= 15 is 0 Å². The van der Waals surface area contributed by atoms with Gasteiger partial charge in [-0.05, 0) is 76.2 Å². The van der Waals surface area contributed by atoms with Crippen LogP contribution in [0.25, 0.3) is 0 Å². The van der Waals surface area contributed by atoms with E-state index in [0.717, 1.165) is 30.9 Å². The lowest BCUT2D eigenvalue weighted by Crippen LogP contribution is -2.20. The molecule has 0 bridgehead atoms. The van der Waals surface area contributed by atoms with Gasteiger partial charge in [0.05, 0.1) is 12.7 Å². The maximum absolute atomic E-state index is 11.1. The first-order chi connectivity index (χ1) is 14.1. The van der Waals surface area contributed by atoms with Gasteiger partial charge in [-0.1, -0.05) is 42.7 Å². The molecule has 3 N–H and O–H groups in total. The minimum Gasteiger partial charge on any atom is -0.429 e. The molecule has 2 aliphatic rings. The van der Waals surface area contributed by atoms with Gasteiger partial charge in [-0.2, -0.15) is 0 Å². The highest BCUT2D eigenvalue weighted by Crippen LogP contribution is 2.42. The first kappa shape index (κ1) is 24.6. The van der Waals surface area contributed by atoms with Crippen LogP contribution in [0.3, 0.4) is 0 Å². The number of carbonyl (C=O) groups excluding carboxylic acids is 1. The smallest absolute Gasteiger partial charge is 0.333 e. The van der Waals surface area contributed by atoms with Gasteiger partial charge in [-0.15, -0.1) is 0 Å². The highest BCUT2D eigenvalue weighted by atomic mass is 16.6. The molecule has 0 saturated carbocycles. The zero-order valence-electron chi connectivity index (χ0n) is 18.9. The predicted molar refractivity (Wildman–Crippen MR) is 119 cm³/mol. The van der Waals surface area contributed by atoms with Gasteiger partial charge in [0.15, 0.2) is 0 Å². The lowest BCUT2D eigenvalue weighted by atomic mass is 9.71. The summed E-state index contributed by atoms with van der Waals surface area (Å²) < 4.78 is 4.59. The molecule has 30 heavy (non-hydrogen) atoms. The highest BCUT2D eigenvalue weighted by Gasteiger charge is 2.29. The van der Waals surface area contributed by atoms with Gasteiger partial charge in [-0.25, -0.2) is 4.79 Å². The number of aliphatic hydroxyl groups excluding tert-OH is 3. The maximum Gasteiger partial charge on any atom is 0.333 e. The normalized spacial score (nSPS) is 23.5. The Morgan fingerprint density at radius 3 is 2.67 bits per heavy atom. The van der Waals surface area contributed by atoms with E-state index in [1.165, 1.54) is 24.8 Å². The van der Waals surface area contributed by atoms with Crippen molar-refractivity contribution in [3.8, 4) is 0 Å². The van der Waals surface area contributed by atoms with E-state index in [4.69, 9.17) is 0 Å². The summed E-state index contributed by atoms with van der Waals surface area (Å²) in [6, 6.07) is 0. The van der Waals surface area contributed by atoms with Gasteiger partial charge in [0.2, 0.25) is 6.29 Å². The van der Waals surface area contributed by atoms with Crippen LogP contribution in [0.1, 0.15) is 79.1 Å².